The van der Waals surface area contributed by atoms with E-state index in [-0.39, 0.29) is 5.75 Å². The van der Waals surface area contributed by atoms with Crippen LogP contribution in [0.25, 0.3) is 0 Å². The highest BCUT2D eigenvalue weighted by molar-refractivity contribution is 7.89. The van der Waals surface area contributed by atoms with E-state index in [0.717, 1.165) is 25.9 Å². The Hall–Kier alpha value is -1.85. The zero-order chi connectivity index (χ0) is 18.4. The third-order valence-electron chi connectivity index (χ3n) is 4.97. The maximum atomic E-state index is 12.2. The Labute approximate surface area is 157 Å². The van der Waals surface area contributed by atoms with Crippen LogP contribution in [0.3, 0.4) is 0 Å². The molecular formula is C21H28N2O2S. The lowest BCUT2D eigenvalue weighted by Crippen LogP contribution is -2.32. The Morgan fingerprint density at radius 1 is 1.12 bits per heavy atom. The van der Waals surface area contributed by atoms with Crippen molar-refractivity contribution in [1.29, 1.82) is 0 Å². The zero-order valence-electron chi connectivity index (χ0n) is 15.4. The van der Waals surface area contributed by atoms with Crippen LogP contribution in [0.1, 0.15) is 24.0 Å². The normalized spacial score (nSPS) is 17.6. The number of nitrogens with zero attached hydrogens (tertiary/aromatic N) is 1. The third-order valence-corrected chi connectivity index (χ3v) is 6.40. The van der Waals surface area contributed by atoms with Crippen molar-refractivity contribution in [3.63, 3.8) is 0 Å². The van der Waals surface area contributed by atoms with Crippen LogP contribution < -0.4 is 9.62 Å². The minimum absolute atomic E-state index is 0.191. The molecule has 1 atom stereocenters. The van der Waals surface area contributed by atoms with E-state index < -0.39 is 10.0 Å². The second kappa shape index (κ2) is 8.69. The number of hydrogen-bond acceptors (Lipinski definition) is 3. The Balaban J connectivity index is 1.42. The van der Waals surface area contributed by atoms with Crippen molar-refractivity contribution in [3.05, 3.63) is 65.7 Å². The molecule has 1 unspecified atom stereocenters. The SMILES string of the molecule is Cc1cccc(N2CCC(CNS(=O)(=O)CCCc3ccccc3)C2)c1. The highest BCUT2D eigenvalue weighted by Crippen LogP contribution is 2.24. The highest BCUT2D eigenvalue weighted by atomic mass is 32.2. The molecule has 1 saturated heterocycles. The summed E-state index contributed by atoms with van der Waals surface area (Å²) in [6.07, 6.45) is 2.48. The predicted molar refractivity (Wildman–Crippen MR) is 108 cm³/mol. The summed E-state index contributed by atoms with van der Waals surface area (Å²) in [4.78, 5) is 2.35. The van der Waals surface area contributed by atoms with E-state index in [1.165, 1.54) is 16.8 Å². The molecule has 1 heterocycles. The fraction of sp³-hybridized carbons (Fsp3) is 0.429. The van der Waals surface area contributed by atoms with Crippen molar-refractivity contribution < 1.29 is 8.42 Å². The van der Waals surface area contributed by atoms with E-state index >= 15 is 0 Å². The molecule has 1 fully saturated rings. The molecular weight excluding hydrogens is 344 g/mol. The molecule has 140 valence electrons. The number of sulfonamides is 1. The van der Waals surface area contributed by atoms with Crippen molar-refractivity contribution >= 4 is 15.7 Å². The molecule has 0 aromatic heterocycles. The average Bonchev–Trinajstić information content (AvgIpc) is 3.10. The molecule has 4 nitrogen and oxygen atoms in total. The third kappa shape index (κ3) is 5.58. The number of hydrogen-bond donors (Lipinski definition) is 1. The molecule has 0 amide bonds. The van der Waals surface area contributed by atoms with E-state index in [9.17, 15) is 8.42 Å². The van der Waals surface area contributed by atoms with Gasteiger partial charge in [0.1, 0.15) is 0 Å². The van der Waals surface area contributed by atoms with Gasteiger partial charge in [-0.2, -0.15) is 0 Å². The standard InChI is InChI=1S/C21H28N2O2S/c1-18-7-5-11-21(15-18)23-13-12-20(17-23)16-22-26(24,25)14-6-10-19-8-3-2-4-9-19/h2-5,7-9,11,15,20,22H,6,10,12-14,16-17H2,1H3. The van der Waals surface area contributed by atoms with Gasteiger partial charge in [0.2, 0.25) is 10.0 Å². The lowest BCUT2D eigenvalue weighted by Gasteiger charge is -2.19. The van der Waals surface area contributed by atoms with Crippen molar-refractivity contribution in [3.8, 4) is 0 Å². The van der Waals surface area contributed by atoms with E-state index in [4.69, 9.17) is 0 Å². The van der Waals surface area contributed by atoms with Crippen molar-refractivity contribution in [1.82, 2.24) is 4.72 Å². The first-order valence-electron chi connectivity index (χ1n) is 9.35. The number of nitrogens with one attached hydrogen (secondary N) is 1. The molecule has 1 N–H and O–H groups in total. The van der Waals surface area contributed by atoms with Gasteiger partial charge in [-0.25, -0.2) is 13.1 Å². The summed E-state index contributed by atoms with van der Waals surface area (Å²) in [7, 11) is -3.20. The number of aryl methyl sites for hydroxylation is 2. The Morgan fingerprint density at radius 3 is 2.69 bits per heavy atom. The lowest BCUT2D eigenvalue weighted by atomic mass is 10.1. The van der Waals surface area contributed by atoms with E-state index in [1.54, 1.807) is 0 Å². The van der Waals surface area contributed by atoms with Crippen LogP contribution in [-0.2, 0) is 16.4 Å². The number of rotatable bonds is 8. The highest BCUT2D eigenvalue weighted by Gasteiger charge is 2.24. The minimum Gasteiger partial charge on any atom is -0.371 e. The molecule has 2 aromatic rings. The van der Waals surface area contributed by atoms with Crippen LogP contribution in [0, 0.1) is 12.8 Å². The topological polar surface area (TPSA) is 49.4 Å². The van der Waals surface area contributed by atoms with Crippen molar-refractivity contribution in [2.24, 2.45) is 5.92 Å². The van der Waals surface area contributed by atoms with E-state index in [0.29, 0.717) is 18.9 Å². The molecule has 0 radical (unpaired) electrons. The summed E-state index contributed by atoms with van der Waals surface area (Å²) in [6, 6.07) is 18.5. The van der Waals surface area contributed by atoms with Gasteiger partial charge in [0.15, 0.2) is 0 Å². The van der Waals surface area contributed by atoms with Gasteiger partial charge in [-0.3, -0.25) is 0 Å². The molecule has 0 saturated carbocycles. The van der Waals surface area contributed by atoms with Gasteiger partial charge >= 0.3 is 0 Å². The first kappa shape index (κ1) is 18.9. The van der Waals surface area contributed by atoms with E-state index in [2.05, 4.69) is 40.8 Å². The molecule has 5 heteroatoms. The Bertz CT molecular complexity index is 806. The number of benzene rings is 2. The summed E-state index contributed by atoms with van der Waals surface area (Å²) in [5.74, 6) is 0.565. The fourth-order valence-electron chi connectivity index (χ4n) is 3.49. The molecule has 2 aromatic carbocycles. The molecule has 3 rings (SSSR count). The second-order valence-corrected chi connectivity index (χ2v) is 9.12. The first-order chi connectivity index (χ1) is 12.5. The summed E-state index contributed by atoms with van der Waals surface area (Å²) in [5.41, 5.74) is 3.68. The van der Waals surface area contributed by atoms with Gasteiger partial charge in [-0.15, -0.1) is 0 Å². The Kier molecular flexibility index (Phi) is 6.33. The van der Waals surface area contributed by atoms with Crippen LogP contribution in [-0.4, -0.2) is 33.8 Å². The maximum absolute atomic E-state index is 12.2. The van der Waals surface area contributed by atoms with Gasteiger partial charge in [-0.05, 0) is 55.4 Å². The van der Waals surface area contributed by atoms with E-state index in [1.807, 2.05) is 30.3 Å². The number of anilines is 1. The average molecular weight is 373 g/mol. The van der Waals surface area contributed by atoms with Crippen LogP contribution in [0.4, 0.5) is 5.69 Å². The maximum Gasteiger partial charge on any atom is 0.211 e. The monoisotopic (exact) mass is 372 g/mol. The van der Waals surface area contributed by atoms with Crippen molar-refractivity contribution in [2.75, 3.05) is 30.3 Å². The molecule has 0 aliphatic carbocycles. The molecule has 1 aliphatic rings. The smallest absolute Gasteiger partial charge is 0.211 e. The lowest BCUT2D eigenvalue weighted by molar-refractivity contribution is 0.540. The molecule has 26 heavy (non-hydrogen) atoms. The van der Waals surface area contributed by atoms with Crippen LogP contribution in [0.2, 0.25) is 0 Å². The van der Waals surface area contributed by atoms with Gasteiger partial charge in [-0.1, -0.05) is 42.5 Å². The largest absolute Gasteiger partial charge is 0.371 e. The van der Waals surface area contributed by atoms with Crippen LogP contribution in [0.5, 0.6) is 0 Å². The van der Waals surface area contributed by atoms with Gasteiger partial charge in [0.05, 0.1) is 5.75 Å². The molecule has 0 spiro atoms. The summed E-state index contributed by atoms with van der Waals surface area (Å²) >= 11 is 0. The van der Waals surface area contributed by atoms with Crippen LogP contribution >= 0.6 is 0 Å². The summed E-state index contributed by atoms with van der Waals surface area (Å²) in [6.45, 7) is 4.54. The van der Waals surface area contributed by atoms with Gasteiger partial charge in [0.25, 0.3) is 0 Å². The summed E-state index contributed by atoms with van der Waals surface area (Å²) < 4.78 is 27.3. The Morgan fingerprint density at radius 2 is 1.92 bits per heavy atom. The second-order valence-electron chi connectivity index (χ2n) is 7.20. The first-order valence-corrected chi connectivity index (χ1v) is 11.0. The summed E-state index contributed by atoms with van der Waals surface area (Å²) in [5, 5.41) is 0. The van der Waals surface area contributed by atoms with Gasteiger partial charge < -0.3 is 4.90 Å². The van der Waals surface area contributed by atoms with Crippen molar-refractivity contribution in [2.45, 2.75) is 26.2 Å². The van der Waals surface area contributed by atoms with Crippen LogP contribution in [0.15, 0.2) is 54.6 Å². The minimum atomic E-state index is -3.20. The molecule has 0 bridgehead atoms. The fourth-order valence-corrected chi connectivity index (χ4v) is 4.64. The zero-order valence-corrected chi connectivity index (χ0v) is 16.2. The predicted octanol–water partition coefficient (Wildman–Crippen LogP) is 3.37. The molecule has 1 aliphatic heterocycles. The van der Waals surface area contributed by atoms with Gasteiger partial charge in [0, 0.05) is 25.3 Å². The quantitative estimate of drug-likeness (QED) is 0.773.